The van der Waals surface area contributed by atoms with E-state index in [9.17, 15) is 0 Å². The van der Waals surface area contributed by atoms with Crippen molar-refractivity contribution in [3.63, 3.8) is 0 Å². The number of aliphatic hydroxyl groups is 1. The van der Waals surface area contributed by atoms with Crippen LogP contribution in [0.4, 0.5) is 0 Å². The maximum atomic E-state index is 9.06. The first-order valence-electron chi connectivity index (χ1n) is 6.96. The molecule has 0 radical (unpaired) electrons. The van der Waals surface area contributed by atoms with Crippen LogP contribution >= 0.6 is 0 Å². The fourth-order valence-electron chi connectivity index (χ4n) is 2.74. The van der Waals surface area contributed by atoms with Gasteiger partial charge in [-0.2, -0.15) is 0 Å². The van der Waals surface area contributed by atoms with E-state index in [1.54, 1.807) is 0 Å². The molecule has 3 heteroatoms. The van der Waals surface area contributed by atoms with Crippen molar-refractivity contribution in [3.05, 3.63) is 42.2 Å². The van der Waals surface area contributed by atoms with Crippen molar-refractivity contribution in [1.29, 1.82) is 0 Å². The summed E-state index contributed by atoms with van der Waals surface area (Å²) < 4.78 is 0. The molecule has 0 amide bonds. The molecule has 1 saturated carbocycles. The lowest BCUT2D eigenvalue weighted by atomic mass is 10.0. The van der Waals surface area contributed by atoms with Crippen LogP contribution in [0.2, 0.25) is 0 Å². The Labute approximate surface area is 113 Å². The zero-order chi connectivity index (χ0) is 13.1. The number of rotatable bonds is 6. The lowest BCUT2D eigenvalue weighted by molar-refractivity contribution is 0.245. The van der Waals surface area contributed by atoms with Gasteiger partial charge >= 0.3 is 0 Å². The summed E-state index contributed by atoms with van der Waals surface area (Å²) >= 11 is 0. The molecule has 3 nitrogen and oxygen atoms in total. The number of fused-ring (bicyclic) bond motifs is 1. The second-order valence-electron chi connectivity index (χ2n) is 5.59. The molecule has 0 bridgehead atoms. The van der Waals surface area contributed by atoms with Gasteiger partial charge in [-0.1, -0.05) is 18.2 Å². The summed E-state index contributed by atoms with van der Waals surface area (Å²) in [6, 6.07) is 8.43. The van der Waals surface area contributed by atoms with E-state index in [-0.39, 0.29) is 0 Å². The van der Waals surface area contributed by atoms with E-state index in [0.717, 1.165) is 19.5 Å². The van der Waals surface area contributed by atoms with Gasteiger partial charge in [-0.25, -0.2) is 0 Å². The Morgan fingerprint density at radius 3 is 2.95 bits per heavy atom. The number of pyridine rings is 1. The minimum atomic E-state index is 0.307. The summed E-state index contributed by atoms with van der Waals surface area (Å²) in [6.07, 6.45) is 7.19. The predicted octanol–water partition coefficient (Wildman–Crippen LogP) is 2.49. The Bertz CT molecular complexity index is 558. The van der Waals surface area contributed by atoms with Crippen molar-refractivity contribution in [3.8, 4) is 0 Å². The third-order valence-electron chi connectivity index (χ3n) is 4.19. The van der Waals surface area contributed by atoms with Crippen molar-refractivity contribution in [2.75, 3.05) is 13.2 Å². The molecule has 1 fully saturated rings. The maximum Gasteiger partial charge on any atom is 0.0436 e. The minimum absolute atomic E-state index is 0.307. The standard InChI is InChI=1S/C16H20N2O/c19-9-7-16(5-6-16)12-18-11-14-3-1-2-13-10-17-8-4-15(13)14/h1-4,8,10,18-19H,5-7,9,11-12H2. The molecule has 1 aliphatic rings. The molecule has 1 aromatic carbocycles. The number of aliphatic hydroxyl groups excluding tert-OH is 1. The lowest BCUT2D eigenvalue weighted by Gasteiger charge is -2.15. The van der Waals surface area contributed by atoms with Crippen molar-refractivity contribution in [2.45, 2.75) is 25.8 Å². The lowest BCUT2D eigenvalue weighted by Crippen LogP contribution is -2.24. The van der Waals surface area contributed by atoms with E-state index in [2.05, 4.69) is 34.6 Å². The minimum Gasteiger partial charge on any atom is -0.396 e. The fourth-order valence-corrected chi connectivity index (χ4v) is 2.74. The number of hydrogen-bond donors (Lipinski definition) is 2. The second kappa shape index (κ2) is 5.27. The molecule has 0 atom stereocenters. The van der Waals surface area contributed by atoms with Gasteiger partial charge in [-0.15, -0.1) is 0 Å². The largest absolute Gasteiger partial charge is 0.396 e. The van der Waals surface area contributed by atoms with Crippen LogP contribution in [-0.4, -0.2) is 23.2 Å². The van der Waals surface area contributed by atoms with Crippen molar-refractivity contribution in [2.24, 2.45) is 5.41 Å². The fraction of sp³-hybridized carbons (Fsp3) is 0.438. The Morgan fingerprint density at radius 1 is 1.26 bits per heavy atom. The predicted molar refractivity (Wildman–Crippen MR) is 76.8 cm³/mol. The summed E-state index contributed by atoms with van der Waals surface area (Å²) in [5.41, 5.74) is 1.70. The Kier molecular flexibility index (Phi) is 3.49. The third-order valence-corrected chi connectivity index (χ3v) is 4.19. The van der Waals surface area contributed by atoms with Gasteiger partial charge in [-0.05, 0) is 41.7 Å². The van der Waals surface area contributed by atoms with Gasteiger partial charge in [-0.3, -0.25) is 4.98 Å². The molecular weight excluding hydrogens is 236 g/mol. The van der Waals surface area contributed by atoms with Gasteiger partial charge in [0.1, 0.15) is 0 Å². The molecule has 3 rings (SSSR count). The van der Waals surface area contributed by atoms with E-state index < -0.39 is 0 Å². The first kappa shape index (κ1) is 12.6. The van der Waals surface area contributed by atoms with Crippen LogP contribution in [0.5, 0.6) is 0 Å². The van der Waals surface area contributed by atoms with Crippen LogP contribution in [0, 0.1) is 5.41 Å². The molecule has 0 aliphatic heterocycles. The highest BCUT2D eigenvalue weighted by Gasteiger charge is 2.41. The Balaban J connectivity index is 1.66. The zero-order valence-corrected chi connectivity index (χ0v) is 11.1. The van der Waals surface area contributed by atoms with Crippen LogP contribution in [0.1, 0.15) is 24.8 Å². The summed E-state index contributed by atoms with van der Waals surface area (Å²) in [6.45, 7) is 2.20. The molecule has 2 N–H and O–H groups in total. The van der Waals surface area contributed by atoms with Crippen molar-refractivity contribution in [1.82, 2.24) is 10.3 Å². The second-order valence-corrected chi connectivity index (χ2v) is 5.59. The molecule has 1 aromatic heterocycles. The quantitative estimate of drug-likeness (QED) is 0.834. The maximum absolute atomic E-state index is 9.06. The van der Waals surface area contributed by atoms with Crippen LogP contribution in [0.25, 0.3) is 10.8 Å². The number of benzene rings is 1. The molecular formula is C16H20N2O. The normalized spacial score (nSPS) is 16.7. The van der Waals surface area contributed by atoms with Gasteiger partial charge in [0.05, 0.1) is 0 Å². The van der Waals surface area contributed by atoms with E-state index in [1.165, 1.54) is 29.2 Å². The summed E-state index contributed by atoms with van der Waals surface area (Å²) in [5, 5.41) is 15.1. The number of hydrogen-bond acceptors (Lipinski definition) is 3. The average molecular weight is 256 g/mol. The number of nitrogens with one attached hydrogen (secondary N) is 1. The van der Waals surface area contributed by atoms with Crippen LogP contribution in [-0.2, 0) is 6.54 Å². The van der Waals surface area contributed by atoms with Gasteiger partial charge < -0.3 is 10.4 Å². The summed E-state index contributed by atoms with van der Waals surface area (Å²) in [4.78, 5) is 4.16. The van der Waals surface area contributed by atoms with Crippen LogP contribution < -0.4 is 5.32 Å². The SMILES string of the molecule is OCCC1(CNCc2cccc3cnccc23)CC1. The van der Waals surface area contributed by atoms with Crippen molar-refractivity contribution < 1.29 is 5.11 Å². The van der Waals surface area contributed by atoms with Gasteiger partial charge in [0.15, 0.2) is 0 Å². The molecule has 0 spiro atoms. The summed E-state index contributed by atoms with van der Waals surface area (Å²) in [5.74, 6) is 0. The molecule has 19 heavy (non-hydrogen) atoms. The molecule has 100 valence electrons. The summed E-state index contributed by atoms with van der Waals surface area (Å²) in [7, 11) is 0. The van der Waals surface area contributed by atoms with Gasteiger partial charge in [0.25, 0.3) is 0 Å². The Morgan fingerprint density at radius 2 is 2.16 bits per heavy atom. The Hall–Kier alpha value is -1.45. The molecule has 1 aliphatic carbocycles. The van der Waals surface area contributed by atoms with Gasteiger partial charge in [0.2, 0.25) is 0 Å². The number of aromatic nitrogens is 1. The highest BCUT2D eigenvalue weighted by atomic mass is 16.3. The monoisotopic (exact) mass is 256 g/mol. The van der Waals surface area contributed by atoms with Crippen molar-refractivity contribution >= 4 is 10.8 Å². The molecule has 2 aromatic rings. The smallest absolute Gasteiger partial charge is 0.0436 e. The molecule has 0 unspecified atom stereocenters. The van der Waals surface area contributed by atoms with E-state index in [4.69, 9.17) is 5.11 Å². The topological polar surface area (TPSA) is 45.1 Å². The van der Waals surface area contributed by atoms with E-state index in [0.29, 0.717) is 12.0 Å². The van der Waals surface area contributed by atoms with Crippen LogP contribution in [0.3, 0.4) is 0 Å². The molecule has 1 heterocycles. The third kappa shape index (κ3) is 2.77. The first-order chi connectivity index (χ1) is 9.33. The first-order valence-corrected chi connectivity index (χ1v) is 6.96. The average Bonchev–Trinajstić information content (AvgIpc) is 3.19. The van der Waals surface area contributed by atoms with E-state index >= 15 is 0 Å². The highest BCUT2D eigenvalue weighted by Crippen LogP contribution is 2.47. The van der Waals surface area contributed by atoms with Gasteiger partial charge in [0, 0.05) is 37.5 Å². The highest BCUT2D eigenvalue weighted by molar-refractivity contribution is 5.84. The van der Waals surface area contributed by atoms with E-state index in [1.807, 2.05) is 12.4 Å². The zero-order valence-electron chi connectivity index (χ0n) is 11.1. The van der Waals surface area contributed by atoms with Crippen LogP contribution in [0.15, 0.2) is 36.7 Å². The number of nitrogens with zero attached hydrogens (tertiary/aromatic N) is 1. The molecule has 0 saturated heterocycles.